The second-order valence-electron chi connectivity index (χ2n) is 5.42. The van der Waals surface area contributed by atoms with E-state index in [2.05, 4.69) is 16.2 Å². The summed E-state index contributed by atoms with van der Waals surface area (Å²) in [5.41, 5.74) is 5.59. The maximum absolute atomic E-state index is 12.0. The van der Waals surface area contributed by atoms with Crippen molar-refractivity contribution < 1.29 is 14.5 Å². The van der Waals surface area contributed by atoms with Crippen molar-refractivity contribution in [2.45, 2.75) is 6.92 Å². The number of anilines is 1. The Kier molecular flexibility index (Phi) is 6.22. The number of non-ortho nitro benzene ring substituents is 1. The molecule has 9 nitrogen and oxygen atoms in total. The van der Waals surface area contributed by atoms with Gasteiger partial charge in [-0.2, -0.15) is 5.26 Å². The molecule has 0 heterocycles. The number of nitro benzene ring substituents is 1. The monoisotopic (exact) mass is 365 g/mol. The molecule has 0 radical (unpaired) electrons. The predicted octanol–water partition coefficient (Wildman–Crippen LogP) is 2.66. The SMILES string of the molecule is Cc1ccc(NC(=O)NNC(=O)C(C#N)=Cc2cccc([N+](=O)[O-])c2)cc1. The number of aryl methyl sites for hydroxylation is 1. The molecule has 0 saturated carbocycles. The molecule has 2 aromatic rings. The number of nitriles is 1. The summed E-state index contributed by atoms with van der Waals surface area (Å²) in [6.07, 6.45) is 1.18. The highest BCUT2D eigenvalue weighted by Crippen LogP contribution is 2.15. The molecule has 2 aromatic carbocycles. The summed E-state index contributed by atoms with van der Waals surface area (Å²) >= 11 is 0. The Morgan fingerprint density at radius 1 is 1.15 bits per heavy atom. The summed E-state index contributed by atoms with van der Waals surface area (Å²) < 4.78 is 0. The van der Waals surface area contributed by atoms with Crippen molar-refractivity contribution in [3.05, 3.63) is 75.3 Å². The van der Waals surface area contributed by atoms with Gasteiger partial charge in [0.15, 0.2) is 0 Å². The lowest BCUT2D eigenvalue weighted by Crippen LogP contribution is -2.44. The van der Waals surface area contributed by atoms with Crippen molar-refractivity contribution in [2.75, 3.05) is 5.32 Å². The van der Waals surface area contributed by atoms with Crippen LogP contribution in [0.3, 0.4) is 0 Å². The van der Waals surface area contributed by atoms with Crippen LogP contribution in [0.4, 0.5) is 16.2 Å². The zero-order chi connectivity index (χ0) is 19.8. The van der Waals surface area contributed by atoms with E-state index in [4.69, 9.17) is 5.26 Å². The molecule has 0 aromatic heterocycles. The normalized spacial score (nSPS) is 10.4. The van der Waals surface area contributed by atoms with Crippen molar-refractivity contribution >= 4 is 29.4 Å². The third-order valence-corrected chi connectivity index (χ3v) is 3.36. The lowest BCUT2D eigenvalue weighted by atomic mass is 10.1. The van der Waals surface area contributed by atoms with E-state index in [-0.39, 0.29) is 11.3 Å². The average molecular weight is 365 g/mol. The van der Waals surface area contributed by atoms with E-state index in [9.17, 15) is 19.7 Å². The molecule has 0 fully saturated rings. The number of rotatable bonds is 4. The number of hydrogen-bond acceptors (Lipinski definition) is 5. The molecule has 0 aliphatic heterocycles. The summed E-state index contributed by atoms with van der Waals surface area (Å²) in [6, 6.07) is 13.5. The van der Waals surface area contributed by atoms with E-state index in [1.807, 2.05) is 19.1 Å². The molecule has 0 aliphatic carbocycles. The molecule has 0 unspecified atom stereocenters. The minimum Gasteiger partial charge on any atom is -0.307 e. The molecule has 3 amide bonds. The Labute approximate surface area is 154 Å². The predicted molar refractivity (Wildman–Crippen MR) is 98.2 cm³/mol. The van der Waals surface area contributed by atoms with Crippen LogP contribution in [0.25, 0.3) is 6.08 Å². The number of carbonyl (C=O) groups is 2. The van der Waals surface area contributed by atoms with E-state index in [0.29, 0.717) is 11.3 Å². The molecule has 2 rings (SSSR count). The van der Waals surface area contributed by atoms with Crippen molar-refractivity contribution in [3.63, 3.8) is 0 Å². The zero-order valence-electron chi connectivity index (χ0n) is 14.2. The van der Waals surface area contributed by atoms with Gasteiger partial charge in [0.05, 0.1) is 4.92 Å². The van der Waals surface area contributed by atoms with Crippen LogP contribution in [-0.4, -0.2) is 16.9 Å². The molecular weight excluding hydrogens is 350 g/mol. The van der Waals surface area contributed by atoms with Gasteiger partial charge in [-0.1, -0.05) is 29.8 Å². The molecule has 3 N–H and O–H groups in total. The second-order valence-corrected chi connectivity index (χ2v) is 5.42. The van der Waals surface area contributed by atoms with E-state index >= 15 is 0 Å². The van der Waals surface area contributed by atoms with Gasteiger partial charge in [0.1, 0.15) is 11.6 Å². The summed E-state index contributed by atoms with van der Waals surface area (Å²) in [6.45, 7) is 1.90. The highest BCUT2D eigenvalue weighted by Gasteiger charge is 2.12. The zero-order valence-corrected chi connectivity index (χ0v) is 14.2. The topological polar surface area (TPSA) is 137 Å². The van der Waals surface area contributed by atoms with Gasteiger partial charge in [-0.05, 0) is 30.7 Å². The Morgan fingerprint density at radius 2 is 1.85 bits per heavy atom. The van der Waals surface area contributed by atoms with Crippen LogP contribution in [0.5, 0.6) is 0 Å². The number of hydrogen-bond donors (Lipinski definition) is 3. The molecule has 9 heteroatoms. The van der Waals surface area contributed by atoms with Crippen LogP contribution in [0.1, 0.15) is 11.1 Å². The minimum atomic E-state index is -0.858. The van der Waals surface area contributed by atoms with Gasteiger partial charge in [-0.25, -0.2) is 10.2 Å². The van der Waals surface area contributed by atoms with Crippen molar-refractivity contribution in [1.82, 2.24) is 10.9 Å². The second kappa shape index (κ2) is 8.77. The number of urea groups is 1. The number of amides is 3. The lowest BCUT2D eigenvalue weighted by Gasteiger charge is -2.08. The van der Waals surface area contributed by atoms with E-state index in [0.717, 1.165) is 5.56 Å². The van der Waals surface area contributed by atoms with Gasteiger partial charge in [-0.3, -0.25) is 20.3 Å². The maximum atomic E-state index is 12.0. The van der Waals surface area contributed by atoms with Gasteiger partial charge in [0.2, 0.25) is 0 Å². The first-order chi connectivity index (χ1) is 12.9. The summed E-state index contributed by atoms with van der Waals surface area (Å²) in [5, 5.41) is 22.4. The molecule has 0 bridgehead atoms. The minimum absolute atomic E-state index is 0.169. The van der Waals surface area contributed by atoms with Crippen molar-refractivity contribution in [1.29, 1.82) is 5.26 Å². The number of nitro groups is 1. The third kappa shape index (κ3) is 5.68. The first-order valence-corrected chi connectivity index (χ1v) is 7.69. The summed E-state index contributed by atoms with van der Waals surface area (Å²) in [7, 11) is 0. The summed E-state index contributed by atoms with van der Waals surface area (Å²) in [4.78, 5) is 34.0. The highest BCUT2D eigenvalue weighted by atomic mass is 16.6. The smallest absolute Gasteiger partial charge is 0.307 e. The van der Waals surface area contributed by atoms with E-state index in [1.54, 1.807) is 18.2 Å². The fraction of sp³-hybridized carbons (Fsp3) is 0.0556. The molecule has 0 spiro atoms. The van der Waals surface area contributed by atoms with Gasteiger partial charge in [0.25, 0.3) is 11.6 Å². The van der Waals surface area contributed by atoms with Crippen molar-refractivity contribution in [2.24, 2.45) is 0 Å². The number of nitrogens with one attached hydrogen (secondary N) is 3. The fourth-order valence-corrected chi connectivity index (χ4v) is 2.02. The van der Waals surface area contributed by atoms with E-state index < -0.39 is 16.9 Å². The van der Waals surface area contributed by atoms with Crippen LogP contribution < -0.4 is 16.2 Å². The quantitative estimate of drug-likeness (QED) is 0.331. The van der Waals surface area contributed by atoms with Gasteiger partial charge in [0, 0.05) is 17.8 Å². The first kappa shape index (κ1) is 19.1. The molecule has 136 valence electrons. The molecule has 0 atom stereocenters. The highest BCUT2D eigenvalue weighted by molar-refractivity contribution is 6.03. The Morgan fingerprint density at radius 3 is 2.48 bits per heavy atom. The Bertz CT molecular complexity index is 945. The number of carbonyl (C=O) groups excluding carboxylic acids is 2. The van der Waals surface area contributed by atoms with Gasteiger partial charge < -0.3 is 5.32 Å². The Balaban J connectivity index is 1.99. The number of hydrazine groups is 1. The van der Waals surface area contributed by atoms with Crippen LogP contribution >= 0.6 is 0 Å². The molecule has 27 heavy (non-hydrogen) atoms. The molecular formula is C18H15N5O4. The summed E-state index contributed by atoms with van der Waals surface area (Å²) in [5.74, 6) is -0.858. The number of nitrogens with zero attached hydrogens (tertiary/aromatic N) is 2. The van der Waals surface area contributed by atoms with Gasteiger partial charge in [-0.15, -0.1) is 0 Å². The van der Waals surface area contributed by atoms with Crippen molar-refractivity contribution in [3.8, 4) is 6.07 Å². The van der Waals surface area contributed by atoms with Crippen LogP contribution in [0, 0.1) is 28.4 Å². The number of benzene rings is 2. The Hall–Kier alpha value is -4.19. The first-order valence-electron chi connectivity index (χ1n) is 7.69. The van der Waals surface area contributed by atoms with Crippen LogP contribution in [0.2, 0.25) is 0 Å². The van der Waals surface area contributed by atoms with E-state index in [1.165, 1.54) is 30.3 Å². The standard InChI is InChI=1S/C18H15N5O4/c1-12-5-7-15(8-6-12)20-18(25)22-21-17(24)14(11-19)9-13-3-2-4-16(10-13)23(26)27/h2-10H,1H3,(H,21,24)(H2,20,22,25). The molecule has 0 aliphatic rings. The van der Waals surface area contributed by atoms with Crippen LogP contribution in [0.15, 0.2) is 54.1 Å². The fourth-order valence-electron chi connectivity index (χ4n) is 2.02. The third-order valence-electron chi connectivity index (χ3n) is 3.36. The largest absolute Gasteiger partial charge is 0.337 e. The van der Waals surface area contributed by atoms with Crippen LogP contribution in [-0.2, 0) is 4.79 Å². The van der Waals surface area contributed by atoms with Gasteiger partial charge >= 0.3 is 6.03 Å². The average Bonchev–Trinajstić information content (AvgIpc) is 2.66. The maximum Gasteiger partial charge on any atom is 0.337 e. The molecule has 0 saturated heterocycles. The lowest BCUT2D eigenvalue weighted by molar-refractivity contribution is -0.384.